The SMILES string of the molecule is CC(OC=O)c1ccccc1.CNc1c(C#Cc2cc3cc(C4(C(=O)O)CC4)oc3o2)nsc1C1CC1. The van der Waals surface area contributed by atoms with Crippen LogP contribution in [-0.2, 0) is 19.7 Å². The van der Waals surface area contributed by atoms with E-state index in [9.17, 15) is 14.7 Å². The lowest BCUT2D eigenvalue weighted by atomic mass is 10.0. The molecule has 0 amide bonds. The molecule has 0 spiro atoms. The first-order chi connectivity index (χ1) is 17.9. The fourth-order valence-corrected chi connectivity index (χ4v) is 5.09. The second-order valence-corrected chi connectivity index (χ2v) is 9.99. The molecule has 2 aliphatic carbocycles. The first-order valence-electron chi connectivity index (χ1n) is 12.1. The van der Waals surface area contributed by atoms with Gasteiger partial charge < -0.3 is 24.0 Å². The van der Waals surface area contributed by atoms with Crippen molar-refractivity contribution in [3.8, 4) is 11.8 Å². The number of ether oxygens (including phenoxy) is 1. The smallest absolute Gasteiger partial charge is 0.317 e. The van der Waals surface area contributed by atoms with Gasteiger partial charge in [-0.3, -0.25) is 9.59 Å². The number of nitrogens with zero attached hydrogens (tertiary/aromatic N) is 1. The molecule has 37 heavy (non-hydrogen) atoms. The largest absolute Gasteiger partial charge is 0.480 e. The maximum Gasteiger partial charge on any atom is 0.317 e. The summed E-state index contributed by atoms with van der Waals surface area (Å²) in [6.45, 7) is 2.31. The summed E-state index contributed by atoms with van der Waals surface area (Å²) in [6.07, 6.45) is 3.50. The summed E-state index contributed by atoms with van der Waals surface area (Å²) in [4.78, 5) is 22.6. The summed E-state index contributed by atoms with van der Waals surface area (Å²) in [6, 6.07) is 13.1. The number of hydrogen-bond donors (Lipinski definition) is 2. The molecule has 2 N–H and O–H groups in total. The van der Waals surface area contributed by atoms with Gasteiger partial charge in [0.25, 0.3) is 12.3 Å². The zero-order chi connectivity index (χ0) is 26.0. The summed E-state index contributed by atoms with van der Waals surface area (Å²) in [5, 5.41) is 13.3. The van der Waals surface area contributed by atoms with Crippen LogP contribution in [0.5, 0.6) is 0 Å². The van der Waals surface area contributed by atoms with E-state index in [1.54, 1.807) is 12.1 Å². The highest BCUT2D eigenvalue weighted by Gasteiger charge is 2.54. The van der Waals surface area contributed by atoms with E-state index in [0.717, 1.165) is 22.3 Å². The van der Waals surface area contributed by atoms with E-state index in [2.05, 4.69) is 21.5 Å². The molecule has 1 atom stereocenters. The summed E-state index contributed by atoms with van der Waals surface area (Å²) in [5.74, 6) is 7.10. The molecule has 6 rings (SSSR count). The third-order valence-corrected chi connectivity index (χ3v) is 7.60. The van der Waals surface area contributed by atoms with Crippen molar-refractivity contribution in [1.82, 2.24) is 4.37 Å². The lowest BCUT2D eigenvalue weighted by Crippen LogP contribution is -2.18. The topological polar surface area (TPSA) is 115 Å². The third-order valence-electron chi connectivity index (χ3n) is 6.59. The predicted octanol–water partition coefficient (Wildman–Crippen LogP) is 5.84. The molecule has 0 saturated heterocycles. The van der Waals surface area contributed by atoms with Crippen molar-refractivity contribution in [3.05, 3.63) is 70.1 Å². The monoisotopic (exact) mass is 518 g/mol. The fourth-order valence-electron chi connectivity index (χ4n) is 4.09. The Hall–Kier alpha value is -4.03. The number of carboxylic acid groups (broad SMARTS) is 1. The number of carboxylic acids is 1. The maximum atomic E-state index is 11.4. The average molecular weight is 519 g/mol. The second-order valence-electron chi connectivity index (χ2n) is 9.18. The van der Waals surface area contributed by atoms with Gasteiger partial charge >= 0.3 is 5.97 Å². The van der Waals surface area contributed by atoms with Crippen molar-refractivity contribution in [2.75, 3.05) is 12.4 Å². The van der Waals surface area contributed by atoms with Crippen LogP contribution in [0.1, 0.15) is 72.3 Å². The first kappa shape index (κ1) is 24.7. The standard InChI is InChI=1S/C19H16N2O4S.C9H10O2/c1-20-15-13(21-26-16(15)10-2-3-10)5-4-12-8-11-9-14(25-17(11)24-12)19(6-7-19)18(22)23;1-8(11-7-10)9-5-3-2-4-6-9/h8-10,20H,2-3,6-7H2,1H3,(H,22,23);2-8H,1H3. The van der Waals surface area contributed by atoms with Crippen LogP contribution in [-0.4, -0.2) is 29.0 Å². The van der Waals surface area contributed by atoms with Gasteiger partial charge in [-0.25, -0.2) is 0 Å². The molecule has 190 valence electrons. The molecule has 0 bridgehead atoms. The van der Waals surface area contributed by atoms with Gasteiger partial charge in [0.05, 0.1) is 16.0 Å². The van der Waals surface area contributed by atoms with Crippen molar-refractivity contribution in [2.45, 2.75) is 50.0 Å². The van der Waals surface area contributed by atoms with Crippen LogP contribution in [0, 0.1) is 11.8 Å². The Morgan fingerprint density at radius 2 is 2.00 bits per heavy atom. The van der Waals surface area contributed by atoms with Gasteiger partial charge in [-0.15, -0.1) is 0 Å². The third kappa shape index (κ3) is 5.11. The number of rotatable bonds is 7. The van der Waals surface area contributed by atoms with E-state index in [0.29, 0.717) is 42.5 Å². The number of carbonyl (C=O) groups is 2. The minimum Gasteiger partial charge on any atom is -0.480 e. The highest BCUT2D eigenvalue weighted by molar-refractivity contribution is 7.06. The lowest BCUT2D eigenvalue weighted by molar-refractivity contribution is -0.140. The van der Waals surface area contributed by atoms with Crippen molar-refractivity contribution < 1.29 is 28.3 Å². The number of anilines is 1. The molecule has 2 saturated carbocycles. The maximum absolute atomic E-state index is 11.4. The molecular weight excluding hydrogens is 492 g/mol. The van der Waals surface area contributed by atoms with Crippen molar-refractivity contribution in [3.63, 3.8) is 0 Å². The molecule has 9 heteroatoms. The summed E-state index contributed by atoms with van der Waals surface area (Å²) < 4.78 is 20.5. The highest BCUT2D eigenvalue weighted by atomic mass is 32.1. The Kier molecular flexibility index (Phi) is 6.76. The van der Waals surface area contributed by atoms with E-state index >= 15 is 0 Å². The molecule has 0 aliphatic heterocycles. The van der Waals surface area contributed by atoms with Gasteiger partial charge in [0.15, 0.2) is 11.5 Å². The van der Waals surface area contributed by atoms with Gasteiger partial charge in [-0.1, -0.05) is 30.3 Å². The van der Waals surface area contributed by atoms with E-state index in [1.165, 1.54) is 29.3 Å². The molecule has 1 aromatic carbocycles. The number of carbonyl (C=O) groups excluding carboxylic acids is 1. The van der Waals surface area contributed by atoms with Gasteiger partial charge in [-0.05, 0) is 73.5 Å². The Labute approximate surface area is 217 Å². The zero-order valence-electron chi connectivity index (χ0n) is 20.4. The van der Waals surface area contributed by atoms with E-state index < -0.39 is 11.4 Å². The molecule has 1 unspecified atom stereocenters. The minimum atomic E-state index is -0.866. The highest BCUT2D eigenvalue weighted by Crippen LogP contribution is 2.50. The molecule has 4 aromatic rings. The number of benzene rings is 1. The first-order valence-corrected chi connectivity index (χ1v) is 12.8. The fraction of sp³-hybridized carbons (Fsp3) is 0.321. The van der Waals surface area contributed by atoms with Crippen LogP contribution in [0.2, 0.25) is 0 Å². The van der Waals surface area contributed by atoms with E-state index in [1.807, 2.05) is 44.3 Å². The number of hydrogen-bond acceptors (Lipinski definition) is 8. The van der Waals surface area contributed by atoms with E-state index in [4.69, 9.17) is 13.6 Å². The molecule has 0 radical (unpaired) electrons. The van der Waals surface area contributed by atoms with Crippen LogP contribution in [0.4, 0.5) is 5.69 Å². The number of furan rings is 2. The van der Waals surface area contributed by atoms with Crippen molar-refractivity contribution >= 4 is 40.8 Å². The zero-order valence-corrected chi connectivity index (χ0v) is 21.3. The van der Waals surface area contributed by atoms with Crippen LogP contribution < -0.4 is 5.32 Å². The molecule has 8 nitrogen and oxygen atoms in total. The Bertz CT molecular complexity index is 1450. The molecule has 3 heterocycles. The van der Waals surface area contributed by atoms with Gasteiger partial charge in [-0.2, -0.15) is 4.37 Å². The van der Waals surface area contributed by atoms with Crippen molar-refractivity contribution in [1.29, 1.82) is 0 Å². The van der Waals surface area contributed by atoms with Gasteiger partial charge in [0, 0.05) is 13.1 Å². The van der Waals surface area contributed by atoms with Gasteiger partial charge in [0.1, 0.15) is 17.3 Å². The summed E-state index contributed by atoms with van der Waals surface area (Å²) in [5.41, 5.74) is 1.89. The van der Waals surface area contributed by atoms with Crippen LogP contribution >= 0.6 is 11.5 Å². The molecule has 2 aliphatic rings. The molecular formula is C28H26N2O6S. The van der Waals surface area contributed by atoms with Crippen LogP contribution in [0.15, 0.2) is 51.3 Å². The van der Waals surface area contributed by atoms with Crippen molar-refractivity contribution in [2.24, 2.45) is 0 Å². The van der Waals surface area contributed by atoms with E-state index in [-0.39, 0.29) is 6.10 Å². The van der Waals surface area contributed by atoms with Crippen LogP contribution in [0.25, 0.3) is 11.2 Å². The van der Waals surface area contributed by atoms with Gasteiger partial charge in [0.2, 0.25) is 0 Å². The lowest BCUT2D eigenvalue weighted by Gasteiger charge is -2.08. The van der Waals surface area contributed by atoms with Crippen LogP contribution in [0.3, 0.4) is 0 Å². The summed E-state index contributed by atoms with van der Waals surface area (Å²) in [7, 11) is 1.89. The molecule has 3 aromatic heterocycles. The number of aromatic nitrogens is 1. The second kappa shape index (κ2) is 10.1. The Balaban J connectivity index is 0.000000215. The molecule has 2 fully saturated rings. The quantitative estimate of drug-likeness (QED) is 0.232. The Morgan fingerprint density at radius 1 is 1.24 bits per heavy atom. The minimum absolute atomic E-state index is 0.145. The number of fused-ring (bicyclic) bond motifs is 1. The normalized spacial score (nSPS) is 16.1. The predicted molar refractivity (Wildman–Crippen MR) is 139 cm³/mol. The average Bonchev–Trinajstić information content (AvgIpc) is 3.79. The summed E-state index contributed by atoms with van der Waals surface area (Å²) >= 11 is 1.51. The number of nitrogens with one attached hydrogen (secondary N) is 1. The number of aliphatic carboxylic acids is 1. The Morgan fingerprint density at radius 3 is 2.59 bits per heavy atom.